The zero-order valence-corrected chi connectivity index (χ0v) is 19.4. The van der Waals surface area contributed by atoms with Crippen molar-refractivity contribution in [1.29, 1.82) is 0 Å². The second-order valence-electron chi connectivity index (χ2n) is 7.37. The van der Waals surface area contributed by atoms with Crippen LogP contribution in [0.1, 0.15) is 0 Å². The van der Waals surface area contributed by atoms with Gasteiger partial charge in [0.15, 0.2) is 11.4 Å². The van der Waals surface area contributed by atoms with E-state index in [1.165, 1.54) is 0 Å². The lowest BCUT2D eigenvalue weighted by atomic mass is 10.2. The summed E-state index contributed by atoms with van der Waals surface area (Å²) >= 11 is 0.662. The van der Waals surface area contributed by atoms with Crippen LogP contribution in [0.3, 0.4) is 0 Å². The summed E-state index contributed by atoms with van der Waals surface area (Å²) in [6.07, 6.45) is 0. The summed E-state index contributed by atoms with van der Waals surface area (Å²) in [7, 11) is 0. The van der Waals surface area contributed by atoms with Crippen molar-refractivity contribution in [3.05, 3.63) is 104 Å². The molecule has 15 nitrogen and oxygen atoms in total. The normalized spacial score (nSPS) is 14.3. The molecule has 0 spiro atoms. The number of para-hydroxylation sites is 2. The van der Waals surface area contributed by atoms with Crippen molar-refractivity contribution < 1.29 is 36.1 Å². The van der Waals surface area contributed by atoms with Gasteiger partial charge in [0.25, 0.3) is 0 Å². The van der Waals surface area contributed by atoms with E-state index in [9.17, 15) is 40.8 Å². The van der Waals surface area contributed by atoms with E-state index in [2.05, 4.69) is 10.3 Å². The van der Waals surface area contributed by atoms with Gasteiger partial charge in [-0.15, -0.1) is 0 Å². The van der Waals surface area contributed by atoms with Crippen molar-refractivity contribution in [2.24, 2.45) is 4.99 Å². The monoisotopic (exact) mass is 529 g/mol. The highest BCUT2D eigenvalue weighted by molar-refractivity contribution is 7.03. The zero-order valence-electron chi connectivity index (χ0n) is 18.6. The van der Waals surface area contributed by atoms with Gasteiger partial charge in [0.1, 0.15) is 0 Å². The Kier molecular flexibility index (Phi) is 7.66. The van der Waals surface area contributed by atoms with E-state index in [-0.39, 0.29) is 4.80 Å². The van der Waals surface area contributed by atoms with Gasteiger partial charge < -0.3 is 20.9 Å². The molecule has 0 fully saturated rings. The molecule has 7 N–H and O–H groups in total. The Morgan fingerprint density at radius 2 is 1.41 bits per heavy atom. The third kappa shape index (κ3) is 5.53. The van der Waals surface area contributed by atoms with Crippen LogP contribution in [0.15, 0.2) is 82.6 Å². The fourth-order valence-corrected chi connectivity index (χ4v) is 4.33. The summed E-state index contributed by atoms with van der Waals surface area (Å²) in [5, 5.41) is 62.2. The molecule has 2 amide bonds. The highest BCUT2D eigenvalue weighted by Crippen LogP contribution is 2.26. The molecule has 0 aliphatic rings. The minimum Gasteiger partial charge on any atom is -0.595 e. The Bertz CT molecular complexity index is 1500. The lowest BCUT2D eigenvalue weighted by Gasteiger charge is -2.22. The molecule has 3 atom stereocenters. The maximum absolute atomic E-state index is 13.5. The lowest BCUT2D eigenvalue weighted by molar-refractivity contribution is -1.00. The average molecular weight is 529 g/mol. The molecule has 0 bridgehead atoms. The number of nitrogens with zero attached hydrogens (tertiary/aromatic N) is 3. The number of urea groups is 1. The summed E-state index contributed by atoms with van der Waals surface area (Å²) in [5.41, 5.74) is -3.01. The molecule has 0 aliphatic heterocycles. The number of nitrogens with one attached hydrogen (secondary N) is 4. The fourth-order valence-electron chi connectivity index (χ4n) is 3.41. The second-order valence-corrected chi connectivity index (χ2v) is 8.28. The molecule has 0 aliphatic carbocycles. The number of quaternary nitrogens is 3. The molecule has 192 valence electrons. The maximum atomic E-state index is 13.5. The zero-order chi connectivity index (χ0) is 26.7. The summed E-state index contributed by atoms with van der Waals surface area (Å²) in [6.45, 7) is 0. The third-order valence-electron chi connectivity index (χ3n) is 4.98. The van der Waals surface area contributed by atoms with E-state index in [0.717, 1.165) is 16.1 Å². The summed E-state index contributed by atoms with van der Waals surface area (Å²) in [4.78, 5) is 29.8. The minimum absolute atomic E-state index is 0.340. The van der Waals surface area contributed by atoms with Gasteiger partial charge in [0.2, 0.25) is 16.2 Å². The van der Waals surface area contributed by atoms with Gasteiger partial charge in [-0.1, -0.05) is 36.4 Å². The number of benzene rings is 3. The first kappa shape index (κ1) is 26.0. The Labute approximate surface area is 210 Å². The van der Waals surface area contributed by atoms with Gasteiger partial charge in [-0.2, -0.15) is 20.7 Å². The van der Waals surface area contributed by atoms with Crippen LogP contribution in [-0.2, 0) is 0 Å². The number of hydrogen-bond donors (Lipinski definition) is 7. The topological polar surface area (TPSA) is 212 Å². The number of anilines is 1. The van der Waals surface area contributed by atoms with E-state index in [1.807, 2.05) is 0 Å². The van der Waals surface area contributed by atoms with Crippen LogP contribution in [0.5, 0.6) is 0 Å². The first-order valence-corrected chi connectivity index (χ1v) is 11.1. The number of carbonyl (C=O) groups is 1. The molecular weight excluding hydrogens is 510 g/mol. The van der Waals surface area contributed by atoms with Crippen molar-refractivity contribution >= 4 is 40.3 Å². The number of hydrogen-bond acceptors (Lipinski definition) is 9. The van der Waals surface area contributed by atoms with Crippen molar-refractivity contribution in [2.45, 2.75) is 0 Å². The number of amides is 2. The van der Waals surface area contributed by atoms with Crippen LogP contribution in [-0.4, -0.2) is 30.2 Å². The molecule has 37 heavy (non-hydrogen) atoms. The molecule has 4 rings (SSSR count). The van der Waals surface area contributed by atoms with Gasteiger partial charge in [-0.3, -0.25) is 0 Å². The molecule has 3 aromatic carbocycles. The predicted octanol–water partition coefficient (Wildman–Crippen LogP) is -0.967. The molecule has 0 saturated heterocycles. The van der Waals surface area contributed by atoms with Gasteiger partial charge in [-0.05, 0) is 35.8 Å². The van der Waals surface area contributed by atoms with Crippen molar-refractivity contribution in [2.75, 3.05) is 5.32 Å². The molecule has 0 radical (unpaired) electrons. The SMILES string of the molecule is O=C(N=c1sn(-c2ccccc2)c(=O)n1-c1c([NH+]([O-])O)cc([NH+]([O-])O)cc1[NH+]([O-])O)Nc1ccccc1. The van der Waals surface area contributed by atoms with E-state index in [1.54, 1.807) is 60.7 Å². The highest BCUT2D eigenvalue weighted by Gasteiger charge is 2.29. The van der Waals surface area contributed by atoms with Crippen LogP contribution in [0.25, 0.3) is 11.4 Å². The van der Waals surface area contributed by atoms with E-state index >= 15 is 0 Å². The predicted molar refractivity (Wildman–Crippen MR) is 128 cm³/mol. The first-order valence-electron chi connectivity index (χ1n) is 10.4. The number of aromatic nitrogens is 2. The van der Waals surface area contributed by atoms with Crippen molar-refractivity contribution in [3.8, 4) is 11.4 Å². The molecular formula is C21H19N7O8S. The number of rotatable bonds is 6. The molecule has 1 aromatic heterocycles. The summed E-state index contributed by atoms with van der Waals surface area (Å²) in [6, 6.07) is 16.9. The molecule has 16 heteroatoms. The minimum atomic E-state index is -1.69. The van der Waals surface area contributed by atoms with Crippen molar-refractivity contribution in [3.63, 3.8) is 0 Å². The molecule has 0 saturated carbocycles. The smallest absolute Gasteiger partial charge is 0.349 e. The van der Waals surface area contributed by atoms with Crippen LogP contribution in [0.2, 0.25) is 0 Å². The lowest BCUT2D eigenvalue weighted by Crippen LogP contribution is -3.02. The van der Waals surface area contributed by atoms with E-state index in [0.29, 0.717) is 27.5 Å². The van der Waals surface area contributed by atoms with Crippen LogP contribution in [0, 0.1) is 15.6 Å². The molecule has 4 aromatic rings. The molecule has 1 heterocycles. The maximum Gasteiger partial charge on any atom is 0.349 e. The van der Waals surface area contributed by atoms with Crippen LogP contribution >= 0.6 is 11.5 Å². The van der Waals surface area contributed by atoms with Crippen LogP contribution in [0.4, 0.5) is 27.5 Å². The Morgan fingerprint density at radius 1 is 0.865 bits per heavy atom. The Morgan fingerprint density at radius 3 is 1.92 bits per heavy atom. The largest absolute Gasteiger partial charge is 0.595 e. The second kappa shape index (κ2) is 10.9. The first-order chi connectivity index (χ1) is 17.7. The van der Waals surface area contributed by atoms with E-state index in [4.69, 9.17) is 0 Å². The standard InChI is InChI=1S/C21H19N7O8S/c29-19(22-13-7-3-1-4-8-13)23-20-24(21(30)25(37-20)14-9-5-2-6-10-14)18-16(27(33)34)11-15(26(31)32)12-17(18)28(35)36/h1-12,26-28,31,33,35H,(H,22,29). The Balaban J connectivity index is 2.03. The fraction of sp³-hybridized carbons (Fsp3) is 0. The molecule has 3 unspecified atom stereocenters. The van der Waals surface area contributed by atoms with Gasteiger partial charge in [-0.25, -0.2) is 33.7 Å². The van der Waals surface area contributed by atoms with Crippen molar-refractivity contribution in [1.82, 2.24) is 8.52 Å². The highest BCUT2D eigenvalue weighted by atomic mass is 32.1. The van der Waals surface area contributed by atoms with E-state index < -0.39 is 50.1 Å². The van der Waals surface area contributed by atoms with Gasteiger partial charge >= 0.3 is 11.7 Å². The van der Waals surface area contributed by atoms with Crippen LogP contribution < -0.4 is 31.5 Å². The summed E-state index contributed by atoms with van der Waals surface area (Å²) < 4.78 is 1.76. The Hall–Kier alpha value is -4.07. The quantitative estimate of drug-likeness (QED) is 0.154. The number of carbonyl (C=O) groups excluding carboxylic acids is 1. The van der Waals surface area contributed by atoms with Gasteiger partial charge in [0, 0.05) is 5.69 Å². The summed E-state index contributed by atoms with van der Waals surface area (Å²) in [5.74, 6) is 0. The van der Waals surface area contributed by atoms with Gasteiger partial charge in [0.05, 0.1) is 17.8 Å². The average Bonchev–Trinajstić information content (AvgIpc) is 3.19. The third-order valence-corrected chi connectivity index (χ3v) is 5.97.